The second-order valence-electron chi connectivity index (χ2n) is 2.17. The average molecular weight is 191 g/mol. The van der Waals surface area contributed by atoms with Gasteiger partial charge in [0.15, 0.2) is 0 Å². The molecule has 0 fully saturated rings. The van der Waals surface area contributed by atoms with Crippen molar-refractivity contribution in [2.45, 2.75) is 13.1 Å². The molecule has 0 bridgehead atoms. The van der Waals surface area contributed by atoms with Crippen molar-refractivity contribution in [3.63, 3.8) is 0 Å². The van der Waals surface area contributed by atoms with E-state index in [0.717, 1.165) is 0 Å². The lowest BCUT2D eigenvalue weighted by Crippen LogP contribution is -2.27. The van der Waals surface area contributed by atoms with Gasteiger partial charge in [0.05, 0.1) is 16.0 Å². The van der Waals surface area contributed by atoms with E-state index in [0.29, 0.717) is 6.92 Å². The molecule has 0 radical (unpaired) electrons. The van der Waals surface area contributed by atoms with Gasteiger partial charge in [-0.15, -0.1) is 0 Å². The SMILES string of the molecule is CC(CS(=O)(=O)[O-])C(F)(F)F. The smallest absolute Gasteiger partial charge is 0.392 e. The van der Waals surface area contributed by atoms with Crippen molar-refractivity contribution in [1.82, 2.24) is 0 Å². The Hall–Kier alpha value is -0.300. The molecule has 0 saturated heterocycles. The highest BCUT2D eigenvalue weighted by atomic mass is 32.2. The normalized spacial score (nSPS) is 16.5. The topological polar surface area (TPSA) is 57.2 Å². The standard InChI is InChI=1S/C4H7F3O3S/c1-3(4(5,6)7)2-11(8,9)10/h3H,2H2,1H3,(H,8,9,10)/p-1. The molecule has 0 saturated carbocycles. The largest absolute Gasteiger partial charge is 0.748 e. The molecule has 0 aromatic heterocycles. The molecule has 0 rings (SSSR count). The molecule has 0 aliphatic rings. The van der Waals surface area contributed by atoms with E-state index in [1.165, 1.54) is 0 Å². The van der Waals surface area contributed by atoms with Crippen LogP contribution >= 0.6 is 0 Å². The van der Waals surface area contributed by atoms with Crippen molar-refractivity contribution in [3.8, 4) is 0 Å². The molecule has 0 spiro atoms. The highest BCUT2D eigenvalue weighted by molar-refractivity contribution is 7.85. The Morgan fingerprint density at radius 2 is 1.82 bits per heavy atom. The second kappa shape index (κ2) is 2.98. The van der Waals surface area contributed by atoms with Crippen molar-refractivity contribution in [2.75, 3.05) is 5.75 Å². The summed E-state index contributed by atoms with van der Waals surface area (Å²) in [6, 6.07) is 0. The number of hydrogen-bond acceptors (Lipinski definition) is 3. The van der Waals surface area contributed by atoms with Crippen LogP contribution in [0.4, 0.5) is 13.2 Å². The van der Waals surface area contributed by atoms with Gasteiger partial charge in [-0.1, -0.05) is 6.92 Å². The molecule has 0 aliphatic heterocycles. The Morgan fingerprint density at radius 3 is 1.91 bits per heavy atom. The molecular weight excluding hydrogens is 185 g/mol. The Bertz CT molecular complexity index is 217. The van der Waals surface area contributed by atoms with E-state index in [4.69, 9.17) is 0 Å². The molecule has 11 heavy (non-hydrogen) atoms. The van der Waals surface area contributed by atoms with E-state index in [9.17, 15) is 26.1 Å². The Morgan fingerprint density at radius 1 is 1.45 bits per heavy atom. The van der Waals surface area contributed by atoms with Crippen LogP contribution in [0.1, 0.15) is 6.92 Å². The summed E-state index contributed by atoms with van der Waals surface area (Å²) >= 11 is 0. The first kappa shape index (κ1) is 10.7. The summed E-state index contributed by atoms with van der Waals surface area (Å²) in [6.07, 6.45) is -4.61. The summed E-state index contributed by atoms with van der Waals surface area (Å²) in [6.45, 7) is 0.648. The summed E-state index contributed by atoms with van der Waals surface area (Å²) in [5, 5.41) is 0. The molecule has 0 amide bonds. The molecule has 7 heteroatoms. The van der Waals surface area contributed by atoms with E-state index in [-0.39, 0.29) is 0 Å². The van der Waals surface area contributed by atoms with E-state index >= 15 is 0 Å². The maximum Gasteiger partial charge on any atom is 0.392 e. The fourth-order valence-corrected chi connectivity index (χ4v) is 1.20. The van der Waals surface area contributed by atoms with Crippen LogP contribution in [0.3, 0.4) is 0 Å². The van der Waals surface area contributed by atoms with E-state index in [1.807, 2.05) is 0 Å². The maximum atomic E-state index is 11.6. The third-order valence-electron chi connectivity index (χ3n) is 1.01. The highest BCUT2D eigenvalue weighted by Crippen LogP contribution is 2.26. The van der Waals surface area contributed by atoms with Gasteiger partial charge in [-0.3, -0.25) is 0 Å². The maximum absolute atomic E-state index is 11.6. The van der Waals surface area contributed by atoms with Crippen LogP contribution in [0, 0.1) is 5.92 Å². The summed E-state index contributed by atoms with van der Waals surface area (Å²) in [5.74, 6) is -3.48. The first-order valence-electron chi connectivity index (χ1n) is 2.63. The quantitative estimate of drug-likeness (QED) is 0.604. The van der Waals surface area contributed by atoms with Gasteiger partial charge in [-0.05, 0) is 0 Å². The van der Waals surface area contributed by atoms with Gasteiger partial charge >= 0.3 is 6.18 Å². The minimum Gasteiger partial charge on any atom is -0.748 e. The lowest BCUT2D eigenvalue weighted by Gasteiger charge is -2.16. The predicted molar refractivity (Wildman–Crippen MR) is 29.8 cm³/mol. The predicted octanol–water partition coefficient (Wildman–Crippen LogP) is 0.730. The zero-order chi connectivity index (χ0) is 9.28. The zero-order valence-corrected chi connectivity index (χ0v) is 6.37. The summed E-state index contributed by atoms with van der Waals surface area (Å²) in [5.41, 5.74) is 0. The van der Waals surface area contributed by atoms with Crippen molar-refractivity contribution in [3.05, 3.63) is 0 Å². The third kappa shape index (κ3) is 5.02. The number of hydrogen-bond donors (Lipinski definition) is 0. The van der Waals surface area contributed by atoms with Crippen LogP contribution in [0.5, 0.6) is 0 Å². The average Bonchev–Trinajstić information content (AvgIpc) is 1.56. The molecular formula is C4H6F3O3S-. The first-order chi connectivity index (χ1) is 4.63. The lowest BCUT2D eigenvalue weighted by atomic mass is 10.2. The first-order valence-corrected chi connectivity index (χ1v) is 4.21. The minimum absolute atomic E-state index is 0.648. The number of halogens is 3. The van der Waals surface area contributed by atoms with Crippen LogP contribution < -0.4 is 0 Å². The molecule has 68 valence electrons. The summed E-state index contributed by atoms with van der Waals surface area (Å²) in [7, 11) is -4.78. The second-order valence-corrected chi connectivity index (χ2v) is 3.62. The molecule has 1 unspecified atom stereocenters. The van der Waals surface area contributed by atoms with Gasteiger partial charge in [0.25, 0.3) is 0 Å². The van der Waals surface area contributed by atoms with Gasteiger partial charge in [-0.2, -0.15) is 13.2 Å². The van der Waals surface area contributed by atoms with Crippen LogP contribution in [0.15, 0.2) is 0 Å². The van der Waals surface area contributed by atoms with Crippen molar-refractivity contribution < 1.29 is 26.1 Å². The van der Waals surface area contributed by atoms with Crippen molar-refractivity contribution in [2.24, 2.45) is 5.92 Å². The van der Waals surface area contributed by atoms with Crippen LogP contribution in [0.25, 0.3) is 0 Å². The van der Waals surface area contributed by atoms with Gasteiger partial charge < -0.3 is 4.55 Å². The van der Waals surface area contributed by atoms with Crippen molar-refractivity contribution in [1.29, 1.82) is 0 Å². The van der Waals surface area contributed by atoms with E-state index in [2.05, 4.69) is 0 Å². The molecule has 0 aromatic carbocycles. The van der Waals surface area contributed by atoms with E-state index in [1.54, 1.807) is 0 Å². The Labute approximate surface area is 62.0 Å². The lowest BCUT2D eigenvalue weighted by molar-refractivity contribution is -0.163. The molecule has 0 aliphatic carbocycles. The van der Waals surface area contributed by atoms with Gasteiger partial charge in [0, 0.05) is 5.75 Å². The highest BCUT2D eigenvalue weighted by Gasteiger charge is 2.36. The number of rotatable bonds is 2. The molecule has 0 heterocycles. The molecule has 0 aromatic rings. The van der Waals surface area contributed by atoms with Crippen molar-refractivity contribution >= 4 is 10.1 Å². The summed E-state index contributed by atoms with van der Waals surface area (Å²) < 4.78 is 64.2. The Balaban J connectivity index is 4.21. The van der Waals surface area contributed by atoms with Gasteiger partial charge in [-0.25, -0.2) is 8.42 Å². The van der Waals surface area contributed by atoms with Gasteiger partial charge in [0.2, 0.25) is 0 Å². The molecule has 3 nitrogen and oxygen atoms in total. The van der Waals surface area contributed by atoms with Crippen LogP contribution in [-0.4, -0.2) is 24.9 Å². The van der Waals surface area contributed by atoms with Crippen LogP contribution in [-0.2, 0) is 10.1 Å². The fraction of sp³-hybridized carbons (Fsp3) is 1.00. The Kier molecular flexibility index (Phi) is 2.90. The minimum atomic E-state index is -4.78. The van der Waals surface area contributed by atoms with Gasteiger partial charge in [0.1, 0.15) is 0 Å². The molecule has 1 atom stereocenters. The summed E-state index contributed by atoms with van der Waals surface area (Å²) in [4.78, 5) is 0. The number of alkyl halides is 3. The molecule has 0 N–H and O–H groups in total. The fourth-order valence-electron chi connectivity index (χ4n) is 0.401. The monoisotopic (exact) mass is 191 g/mol. The zero-order valence-electron chi connectivity index (χ0n) is 5.55. The van der Waals surface area contributed by atoms with E-state index < -0.39 is 28.0 Å². The third-order valence-corrected chi connectivity index (χ3v) is 1.92. The van der Waals surface area contributed by atoms with Crippen LogP contribution in [0.2, 0.25) is 0 Å².